The number of nitrogens with zero attached hydrogens (tertiary/aromatic N) is 2. The fraction of sp³-hybridized carbons (Fsp3) is 0.588. The van der Waals surface area contributed by atoms with Crippen LogP contribution in [0.25, 0.3) is 0 Å². The number of ether oxygens (including phenoxy) is 1. The molecule has 1 aromatic rings. The zero-order chi connectivity index (χ0) is 18.3. The lowest BCUT2D eigenvalue weighted by atomic mass is 10.2. The molecule has 0 fully saturated rings. The number of nitro groups is 1. The molecule has 0 atom stereocenters. The molecule has 0 saturated carbocycles. The SMILES string of the molecule is CCNC(=NCCCCOCC)NCCNc1ccccc1[N+](=O)[O-]. The van der Waals surface area contributed by atoms with E-state index in [0.29, 0.717) is 18.8 Å². The average Bonchev–Trinajstić information content (AvgIpc) is 2.61. The van der Waals surface area contributed by atoms with Crippen molar-refractivity contribution < 1.29 is 9.66 Å². The van der Waals surface area contributed by atoms with Crippen LogP contribution in [0.2, 0.25) is 0 Å². The molecule has 8 nitrogen and oxygen atoms in total. The molecular formula is C17H29N5O3. The van der Waals surface area contributed by atoms with Crippen LogP contribution < -0.4 is 16.0 Å². The molecule has 8 heteroatoms. The molecule has 0 heterocycles. The zero-order valence-electron chi connectivity index (χ0n) is 15.1. The molecule has 0 spiro atoms. The van der Waals surface area contributed by atoms with Crippen LogP contribution >= 0.6 is 0 Å². The quantitative estimate of drug-likeness (QED) is 0.176. The minimum atomic E-state index is -0.385. The van der Waals surface area contributed by atoms with Crippen LogP contribution in [0.5, 0.6) is 0 Å². The van der Waals surface area contributed by atoms with Crippen molar-refractivity contribution in [2.75, 3.05) is 44.7 Å². The molecule has 0 saturated heterocycles. The van der Waals surface area contributed by atoms with Crippen LogP contribution in [0.4, 0.5) is 11.4 Å². The predicted octanol–water partition coefficient (Wildman–Crippen LogP) is 2.38. The average molecular weight is 351 g/mol. The molecule has 0 aromatic heterocycles. The smallest absolute Gasteiger partial charge is 0.292 e. The van der Waals surface area contributed by atoms with Crippen LogP contribution in [0.15, 0.2) is 29.3 Å². The van der Waals surface area contributed by atoms with Crippen LogP contribution in [0.1, 0.15) is 26.7 Å². The van der Waals surface area contributed by atoms with Gasteiger partial charge in [0.05, 0.1) is 4.92 Å². The van der Waals surface area contributed by atoms with Crippen molar-refractivity contribution in [1.29, 1.82) is 0 Å². The van der Waals surface area contributed by atoms with Crippen molar-refractivity contribution in [3.63, 3.8) is 0 Å². The molecular weight excluding hydrogens is 322 g/mol. The molecule has 1 rings (SSSR count). The standard InChI is InChI=1S/C17H29N5O3/c1-3-18-17(20-11-7-8-14-25-4-2)21-13-12-19-15-9-5-6-10-16(15)22(23)24/h5-6,9-10,19H,3-4,7-8,11-14H2,1-2H3,(H2,18,20,21). The second-order valence-electron chi connectivity index (χ2n) is 5.29. The Labute approximate surface area is 149 Å². The summed E-state index contributed by atoms with van der Waals surface area (Å²) < 4.78 is 5.30. The number of para-hydroxylation sites is 2. The fourth-order valence-corrected chi connectivity index (χ4v) is 2.15. The Morgan fingerprint density at radius 1 is 1.20 bits per heavy atom. The van der Waals surface area contributed by atoms with Gasteiger partial charge in [-0.05, 0) is 32.8 Å². The first-order chi connectivity index (χ1) is 12.2. The number of hydrogen-bond acceptors (Lipinski definition) is 5. The fourth-order valence-electron chi connectivity index (χ4n) is 2.15. The Bertz CT molecular complexity index is 537. The molecule has 0 unspecified atom stereocenters. The van der Waals surface area contributed by atoms with Crippen LogP contribution in [-0.4, -0.2) is 50.3 Å². The maximum Gasteiger partial charge on any atom is 0.292 e. The van der Waals surface area contributed by atoms with Gasteiger partial charge in [-0.1, -0.05) is 12.1 Å². The minimum Gasteiger partial charge on any atom is -0.382 e. The normalized spacial score (nSPS) is 11.2. The molecule has 1 aromatic carbocycles. The van der Waals surface area contributed by atoms with E-state index in [4.69, 9.17) is 4.74 Å². The second kappa shape index (κ2) is 13.0. The van der Waals surface area contributed by atoms with Gasteiger partial charge in [-0.15, -0.1) is 0 Å². The zero-order valence-corrected chi connectivity index (χ0v) is 15.1. The molecule has 0 aliphatic carbocycles. The Morgan fingerprint density at radius 2 is 2.00 bits per heavy atom. The minimum absolute atomic E-state index is 0.0809. The molecule has 0 radical (unpaired) electrons. The van der Waals surface area contributed by atoms with E-state index in [9.17, 15) is 10.1 Å². The molecule has 0 aliphatic rings. The third-order valence-electron chi connectivity index (χ3n) is 3.35. The van der Waals surface area contributed by atoms with E-state index in [1.165, 1.54) is 6.07 Å². The molecule has 25 heavy (non-hydrogen) atoms. The number of benzene rings is 1. The highest BCUT2D eigenvalue weighted by atomic mass is 16.6. The number of unbranched alkanes of at least 4 members (excludes halogenated alkanes) is 1. The van der Waals surface area contributed by atoms with E-state index >= 15 is 0 Å². The number of nitro benzene ring substituents is 1. The highest BCUT2D eigenvalue weighted by Gasteiger charge is 2.11. The lowest BCUT2D eigenvalue weighted by molar-refractivity contribution is -0.384. The van der Waals surface area contributed by atoms with E-state index in [1.807, 2.05) is 13.8 Å². The Morgan fingerprint density at radius 3 is 2.72 bits per heavy atom. The first-order valence-corrected chi connectivity index (χ1v) is 8.76. The lowest BCUT2D eigenvalue weighted by Gasteiger charge is -2.12. The van der Waals surface area contributed by atoms with Gasteiger partial charge in [0.1, 0.15) is 5.69 Å². The van der Waals surface area contributed by atoms with E-state index in [-0.39, 0.29) is 10.6 Å². The van der Waals surface area contributed by atoms with Crippen molar-refractivity contribution in [3.05, 3.63) is 34.4 Å². The Hall–Kier alpha value is -2.35. The number of guanidine groups is 1. The maximum atomic E-state index is 11.0. The van der Waals surface area contributed by atoms with Gasteiger partial charge in [-0.3, -0.25) is 15.1 Å². The van der Waals surface area contributed by atoms with Crippen molar-refractivity contribution in [2.45, 2.75) is 26.7 Å². The third kappa shape index (κ3) is 8.90. The topological polar surface area (TPSA) is 101 Å². The Kier molecular flexibility index (Phi) is 10.8. The molecule has 0 amide bonds. The first-order valence-electron chi connectivity index (χ1n) is 8.76. The largest absolute Gasteiger partial charge is 0.382 e. The number of anilines is 1. The summed E-state index contributed by atoms with van der Waals surface area (Å²) in [5, 5.41) is 20.5. The van der Waals surface area contributed by atoms with Crippen molar-refractivity contribution in [2.24, 2.45) is 4.99 Å². The van der Waals surface area contributed by atoms with Gasteiger partial charge in [-0.2, -0.15) is 0 Å². The van der Waals surface area contributed by atoms with Crippen LogP contribution in [0.3, 0.4) is 0 Å². The van der Waals surface area contributed by atoms with Gasteiger partial charge in [-0.25, -0.2) is 0 Å². The highest BCUT2D eigenvalue weighted by molar-refractivity contribution is 5.79. The molecule has 3 N–H and O–H groups in total. The second-order valence-corrected chi connectivity index (χ2v) is 5.29. The van der Waals surface area contributed by atoms with E-state index in [2.05, 4.69) is 20.9 Å². The predicted molar refractivity (Wildman–Crippen MR) is 101 cm³/mol. The number of rotatable bonds is 12. The van der Waals surface area contributed by atoms with Crippen molar-refractivity contribution >= 4 is 17.3 Å². The van der Waals surface area contributed by atoms with Gasteiger partial charge >= 0.3 is 0 Å². The van der Waals surface area contributed by atoms with Gasteiger partial charge in [0, 0.05) is 45.5 Å². The summed E-state index contributed by atoms with van der Waals surface area (Å²) in [5.74, 6) is 0.753. The van der Waals surface area contributed by atoms with Crippen LogP contribution in [-0.2, 0) is 4.74 Å². The molecule has 140 valence electrons. The summed E-state index contributed by atoms with van der Waals surface area (Å²) in [6, 6.07) is 6.62. The van der Waals surface area contributed by atoms with E-state index < -0.39 is 0 Å². The summed E-state index contributed by atoms with van der Waals surface area (Å²) in [4.78, 5) is 15.1. The maximum absolute atomic E-state index is 11.0. The lowest BCUT2D eigenvalue weighted by Crippen LogP contribution is -2.39. The van der Waals surface area contributed by atoms with Gasteiger partial charge in [0.2, 0.25) is 0 Å². The van der Waals surface area contributed by atoms with Gasteiger partial charge in [0.25, 0.3) is 5.69 Å². The van der Waals surface area contributed by atoms with Gasteiger partial charge < -0.3 is 20.7 Å². The van der Waals surface area contributed by atoms with Crippen LogP contribution in [0, 0.1) is 10.1 Å². The summed E-state index contributed by atoms with van der Waals surface area (Å²) in [6.07, 6.45) is 1.97. The Balaban J connectivity index is 2.34. The van der Waals surface area contributed by atoms with E-state index in [1.54, 1.807) is 18.2 Å². The summed E-state index contributed by atoms with van der Waals surface area (Å²) >= 11 is 0. The third-order valence-corrected chi connectivity index (χ3v) is 3.35. The first kappa shape index (κ1) is 20.7. The summed E-state index contributed by atoms with van der Waals surface area (Å²) in [7, 11) is 0. The number of aliphatic imine (C=N–C) groups is 1. The number of hydrogen-bond donors (Lipinski definition) is 3. The summed E-state index contributed by atoms with van der Waals surface area (Å²) in [6.45, 7) is 8.20. The number of nitrogens with one attached hydrogen (secondary N) is 3. The monoisotopic (exact) mass is 351 g/mol. The van der Waals surface area contributed by atoms with Gasteiger partial charge in [0.15, 0.2) is 5.96 Å². The van der Waals surface area contributed by atoms with E-state index in [0.717, 1.165) is 45.1 Å². The molecule has 0 bridgehead atoms. The summed E-state index contributed by atoms with van der Waals surface area (Å²) in [5.41, 5.74) is 0.601. The van der Waals surface area contributed by atoms with Crippen molar-refractivity contribution in [1.82, 2.24) is 10.6 Å². The molecule has 0 aliphatic heterocycles. The highest BCUT2D eigenvalue weighted by Crippen LogP contribution is 2.22. The van der Waals surface area contributed by atoms with Crippen molar-refractivity contribution in [3.8, 4) is 0 Å².